The lowest BCUT2D eigenvalue weighted by Gasteiger charge is -2.35. The van der Waals surface area contributed by atoms with Crippen LogP contribution in [0, 0.1) is 5.92 Å². The molecule has 0 saturated heterocycles. The van der Waals surface area contributed by atoms with E-state index >= 15 is 0 Å². The summed E-state index contributed by atoms with van der Waals surface area (Å²) in [5, 5.41) is 0. The van der Waals surface area contributed by atoms with Gasteiger partial charge in [0.1, 0.15) is 0 Å². The van der Waals surface area contributed by atoms with Crippen molar-refractivity contribution < 1.29 is 0 Å². The van der Waals surface area contributed by atoms with Gasteiger partial charge < -0.3 is 4.90 Å². The van der Waals surface area contributed by atoms with Crippen LogP contribution >= 0.6 is 11.6 Å². The first-order valence-corrected chi connectivity index (χ1v) is 6.97. The minimum Gasteiger partial charge on any atom is -0.371 e. The second-order valence-corrected chi connectivity index (χ2v) is 5.43. The van der Waals surface area contributed by atoms with Crippen molar-refractivity contribution >= 4 is 17.3 Å². The van der Waals surface area contributed by atoms with Crippen LogP contribution in [0.3, 0.4) is 0 Å². The van der Waals surface area contributed by atoms with Gasteiger partial charge in [-0.15, -0.1) is 11.6 Å². The minimum absolute atomic E-state index is 0.538. The maximum atomic E-state index is 5.97. The van der Waals surface area contributed by atoms with E-state index in [9.17, 15) is 0 Å². The average Bonchev–Trinajstić information content (AvgIpc) is 2.39. The first kappa shape index (κ1) is 12.7. The normalized spacial score (nSPS) is 24.6. The summed E-state index contributed by atoms with van der Waals surface area (Å²) in [6.07, 6.45) is 9.01. The lowest BCUT2D eigenvalue weighted by Crippen LogP contribution is -2.35. The largest absolute Gasteiger partial charge is 0.371 e. The van der Waals surface area contributed by atoms with Crippen LogP contribution in [-0.2, 0) is 5.88 Å². The molecule has 0 bridgehead atoms. The summed E-state index contributed by atoms with van der Waals surface area (Å²) in [6.45, 7) is 2.35. The first-order valence-electron chi connectivity index (χ1n) is 6.44. The maximum Gasteiger partial charge on any atom is 0.0509 e. The number of rotatable bonds is 3. The van der Waals surface area contributed by atoms with Gasteiger partial charge in [-0.3, -0.25) is 4.98 Å². The van der Waals surface area contributed by atoms with E-state index in [0.29, 0.717) is 11.9 Å². The van der Waals surface area contributed by atoms with E-state index in [0.717, 1.165) is 11.5 Å². The van der Waals surface area contributed by atoms with E-state index in [1.54, 1.807) is 0 Å². The van der Waals surface area contributed by atoms with Gasteiger partial charge in [0.05, 0.1) is 5.88 Å². The molecule has 0 amide bonds. The zero-order chi connectivity index (χ0) is 12.3. The number of pyridine rings is 1. The van der Waals surface area contributed by atoms with Gasteiger partial charge in [0, 0.05) is 36.7 Å². The smallest absolute Gasteiger partial charge is 0.0509 e. The summed E-state index contributed by atoms with van der Waals surface area (Å²) < 4.78 is 0. The van der Waals surface area contributed by atoms with Crippen LogP contribution in [0.25, 0.3) is 0 Å². The Morgan fingerprint density at radius 1 is 1.35 bits per heavy atom. The van der Waals surface area contributed by atoms with Crippen molar-refractivity contribution in [1.29, 1.82) is 0 Å². The molecular weight excluding hydrogens is 232 g/mol. The Balaban J connectivity index is 2.10. The topological polar surface area (TPSA) is 16.1 Å². The number of aromatic nitrogens is 1. The Kier molecular flexibility index (Phi) is 4.27. The van der Waals surface area contributed by atoms with Crippen LogP contribution < -0.4 is 4.90 Å². The summed E-state index contributed by atoms with van der Waals surface area (Å²) in [5.74, 6) is 1.43. The molecule has 0 aromatic carbocycles. The SMILES string of the molecule is CC1CCC(N(C)c2ccncc2CCl)CC1. The lowest BCUT2D eigenvalue weighted by molar-refractivity contribution is 0.340. The molecular formula is C14H21ClN2. The van der Waals surface area contributed by atoms with Crippen molar-refractivity contribution in [3.63, 3.8) is 0 Å². The van der Waals surface area contributed by atoms with Crippen molar-refractivity contribution in [3.8, 4) is 0 Å². The Hall–Kier alpha value is -0.760. The van der Waals surface area contributed by atoms with Gasteiger partial charge in [0.25, 0.3) is 0 Å². The summed E-state index contributed by atoms with van der Waals surface area (Å²) in [4.78, 5) is 6.54. The number of halogens is 1. The standard InChI is InChI=1S/C14H21ClN2/c1-11-3-5-13(6-4-11)17(2)14-7-8-16-10-12(14)9-15/h7-8,10-11,13H,3-6,9H2,1-2H3. The van der Waals surface area contributed by atoms with Crippen LogP contribution in [0.1, 0.15) is 38.2 Å². The highest BCUT2D eigenvalue weighted by Gasteiger charge is 2.22. The Morgan fingerprint density at radius 3 is 2.71 bits per heavy atom. The van der Waals surface area contributed by atoms with Crippen molar-refractivity contribution in [2.24, 2.45) is 5.92 Å². The molecule has 1 aliphatic rings. The predicted octanol–water partition coefficient (Wildman–Crippen LogP) is 3.84. The fourth-order valence-corrected chi connectivity index (χ4v) is 2.90. The number of hydrogen-bond acceptors (Lipinski definition) is 2. The molecule has 94 valence electrons. The molecule has 1 aromatic rings. The molecule has 3 heteroatoms. The van der Waals surface area contributed by atoms with Crippen LogP contribution in [-0.4, -0.2) is 18.1 Å². The fraction of sp³-hybridized carbons (Fsp3) is 0.643. The molecule has 0 unspecified atom stereocenters. The molecule has 2 nitrogen and oxygen atoms in total. The molecule has 2 rings (SSSR count). The van der Waals surface area contributed by atoms with Gasteiger partial charge in [-0.05, 0) is 37.7 Å². The summed E-state index contributed by atoms with van der Waals surface area (Å²) in [7, 11) is 2.19. The highest BCUT2D eigenvalue weighted by molar-refractivity contribution is 6.17. The molecule has 0 radical (unpaired) electrons. The highest BCUT2D eigenvalue weighted by Crippen LogP contribution is 2.30. The van der Waals surface area contributed by atoms with E-state index < -0.39 is 0 Å². The summed E-state index contributed by atoms with van der Waals surface area (Å²) in [5.41, 5.74) is 2.38. The lowest BCUT2D eigenvalue weighted by atomic mass is 9.86. The second kappa shape index (κ2) is 5.72. The van der Waals surface area contributed by atoms with E-state index in [4.69, 9.17) is 11.6 Å². The number of hydrogen-bond donors (Lipinski definition) is 0. The third-order valence-electron chi connectivity index (χ3n) is 3.93. The van der Waals surface area contributed by atoms with Crippen molar-refractivity contribution in [1.82, 2.24) is 4.98 Å². The number of alkyl halides is 1. The summed E-state index contributed by atoms with van der Waals surface area (Å²) in [6, 6.07) is 2.74. The highest BCUT2D eigenvalue weighted by atomic mass is 35.5. The van der Waals surface area contributed by atoms with Gasteiger partial charge in [-0.2, -0.15) is 0 Å². The van der Waals surface area contributed by atoms with Crippen LogP contribution in [0.4, 0.5) is 5.69 Å². The quantitative estimate of drug-likeness (QED) is 0.760. The third kappa shape index (κ3) is 2.92. The second-order valence-electron chi connectivity index (χ2n) is 5.16. The van der Waals surface area contributed by atoms with Crippen LogP contribution in [0.5, 0.6) is 0 Å². The molecule has 1 heterocycles. The fourth-order valence-electron chi connectivity index (χ4n) is 2.69. The van der Waals surface area contributed by atoms with Crippen molar-refractivity contribution in [3.05, 3.63) is 24.0 Å². The molecule has 1 saturated carbocycles. The molecule has 0 N–H and O–H groups in total. The van der Waals surface area contributed by atoms with Gasteiger partial charge >= 0.3 is 0 Å². The predicted molar refractivity (Wildman–Crippen MR) is 73.6 cm³/mol. The Morgan fingerprint density at radius 2 is 2.06 bits per heavy atom. The molecule has 17 heavy (non-hydrogen) atoms. The molecule has 1 aromatic heterocycles. The number of nitrogens with zero attached hydrogens (tertiary/aromatic N) is 2. The zero-order valence-electron chi connectivity index (χ0n) is 10.7. The summed E-state index contributed by atoms with van der Waals surface area (Å²) >= 11 is 5.97. The average molecular weight is 253 g/mol. The molecule has 0 atom stereocenters. The first-order chi connectivity index (χ1) is 8.22. The molecule has 0 aliphatic heterocycles. The van der Waals surface area contributed by atoms with Gasteiger partial charge in [0.15, 0.2) is 0 Å². The van der Waals surface area contributed by atoms with Gasteiger partial charge in [-0.1, -0.05) is 6.92 Å². The van der Waals surface area contributed by atoms with Crippen LogP contribution in [0.15, 0.2) is 18.5 Å². The Labute approximate surface area is 109 Å². The Bertz CT molecular complexity index is 359. The number of anilines is 1. The van der Waals surface area contributed by atoms with E-state index in [1.807, 2.05) is 12.4 Å². The van der Waals surface area contributed by atoms with Gasteiger partial charge in [0.2, 0.25) is 0 Å². The van der Waals surface area contributed by atoms with Crippen LogP contribution in [0.2, 0.25) is 0 Å². The van der Waals surface area contributed by atoms with E-state index in [-0.39, 0.29) is 0 Å². The van der Waals surface area contributed by atoms with Crippen molar-refractivity contribution in [2.75, 3.05) is 11.9 Å². The zero-order valence-corrected chi connectivity index (χ0v) is 11.5. The molecule has 1 fully saturated rings. The molecule has 1 aliphatic carbocycles. The maximum absolute atomic E-state index is 5.97. The monoisotopic (exact) mass is 252 g/mol. The third-order valence-corrected chi connectivity index (χ3v) is 4.22. The van der Waals surface area contributed by atoms with Gasteiger partial charge in [-0.25, -0.2) is 0 Å². The van der Waals surface area contributed by atoms with Crippen molar-refractivity contribution in [2.45, 2.75) is 44.5 Å². The van der Waals surface area contributed by atoms with E-state index in [2.05, 4.69) is 29.9 Å². The molecule has 0 spiro atoms. The minimum atomic E-state index is 0.538. The van der Waals surface area contributed by atoms with E-state index in [1.165, 1.54) is 31.4 Å².